The Hall–Kier alpha value is -1.42. The molecule has 1 aromatic rings. The fourth-order valence-corrected chi connectivity index (χ4v) is 2.02. The predicted octanol–water partition coefficient (Wildman–Crippen LogP) is 3.62. The molecular weight excluding hydrogens is 254 g/mol. The van der Waals surface area contributed by atoms with Crippen LogP contribution in [0.15, 0.2) is 12.1 Å². The molecule has 0 atom stereocenters. The van der Waals surface area contributed by atoms with Crippen molar-refractivity contribution >= 4 is 23.4 Å². The molecule has 1 heterocycles. The summed E-state index contributed by atoms with van der Waals surface area (Å²) < 4.78 is 10.7. The van der Waals surface area contributed by atoms with Gasteiger partial charge >= 0.3 is 6.09 Å². The lowest BCUT2D eigenvalue weighted by molar-refractivity contribution is 0.0635. The molecule has 0 fully saturated rings. The van der Waals surface area contributed by atoms with Gasteiger partial charge in [-0.05, 0) is 32.9 Å². The van der Waals surface area contributed by atoms with E-state index < -0.39 is 11.7 Å². The molecule has 0 radical (unpaired) electrons. The van der Waals surface area contributed by atoms with E-state index in [4.69, 9.17) is 21.1 Å². The highest BCUT2D eigenvalue weighted by Crippen LogP contribution is 2.36. The van der Waals surface area contributed by atoms with E-state index in [0.29, 0.717) is 23.1 Å². The van der Waals surface area contributed by atoms with Crippen molar-refractivity contribution in [3.05, 3.63) is 22.7 Å². The number of carbonyl (C=O) groups is 1. The number of rotatable bonds is 1. The van der Waals surface area contributed by atoms with E-state index in [0.717, 1.165) is 12.0 Å². The number of carbonyl (C=O) groups excluding carboxylic acids is 1. The zero-order valence-corrected chi connectivity index (χ0v) is 11.4. The minimum atomic E-state index is -0.535. The molecule has 0 spiro atoms. The van der Waals surface area contributed by atoms with E-state index in [1.807, 2.05) is 26.8 Å². The molecule has 4 nitrogen and oxygen atoms in total. The second-order valence-electron chi connectivity index (χ2n) is 5.17. The highest BCUT2D eigenvalue weighted by Gasteiger charge is 2.21. The van der Waals surface area contributed by atoms with Crippen molar-refractivity contribution in [1.82, 2.24) is 0 Å². The van der Waals surface area contributed by atoms with Crippen molar-refractivity contribution < 1.29 is 14.3 Å². The maximum atomic E-state index is 11.7. The molecule has 1 N–H and O–H groups in total. The number of ether oxygens (including phenoxy) is 2. The molecule has 5 heteroatoms. The molecule has 18 heavy (non-hydrogen) atoms. The van der Waals surface area contributed by atoms with Gasteiger partial charge < -0.3 is 9.47 Å². The fraction of sp³-hybridized carbons (Fsp3) is 0.462. The van der Waals surface area contributed by atoms with Crippen LogP contribution in [0.4, 0.5) is 10.5 Å². The van der Waals surface area contributed by atoms with Crippen molar-refractivity contribution in [3.63, 3.8) is 0 Å². The number of halogens is 1. The summed E-state index contributed by atoms with van der Waals surface area (Å²) in [5, 5.41) is 3.24. The first-order chi connectivity index (χ1) is 8.35. The minimum Gasteiger partial charge on any atom is -0.491 e. The first-order valence-corrected chi connectivity index (χ1v) is 6.18. The van der Waals surface area contributed by atoms with E-state index in [2.05, 4.69) is 5.32 Å². The van der Waals surface area contributed by atoms with E-state index >= 15 is 0 Å². The summed E-state index contributed by atoms with van der Waals surface area (Å²) in [5.74, 6) is 0.685. The van der Waals surface area contributed by atoms with Crippen LogP contribution in [0.25, 0.3) is 0 Å². The van der Waals surface area contributed by atoms with Gasteiger partial charge in [0.25, 0.3) is 0 Å². The van der Waals surface area contributed by atoms with Crippen molar-refractivity contribution in [2.45, 2.75) is 32.8 Å². The summed E-state index contributed by atoms with van der Waals surface area (Å²) in [4.78, 5) is 11.7. The first-order valence-electron chi connectivity index (χ1n) is 5.80. The third-order valence-corrected chi connectivity index (χ3v) is 2.60. The second-order valence-corrected chi connectivity index (χ2v) is 5.60. The summed E-state index contributed by atoms with van der Waals surface area (Å²) in [6.45, 7) is 6.04. The standard InChI is InChI=1S/C13H16ClNO3/c1-13(2,3)18-12(16)15-10-7-9(14)6-8-4-5-17-11(8)10/h6-7H,4-5H2,1-3H3,(H,15,16). The molecule has 0 aromatic heterocycles. The Kier molecular flexibility index (Phi) is 3.39. The van der Waals surface area contributed by atoms with Crippen LogP contribution in [-0.4, -0.2) is 18.3 Å². The summed E-state index contributed by atoms with van der Waals surface area (Å²) >= 11 is 6.00. The van der Waals surface area contributed by atoms with E-state index in [1.165, 1.54) is 0 Å². The third-order valence-electron chi connectivity index (χ3n) is 2.38. The molecule has 1 aromatic carbocycles. The van der Waals surface area contributed by atoms with Gasteiger partial charge in [0.1, 0.15) is 11.4 Å². The molecule has 98 valence electrons. The smallest absolute Gasteiger partial charge is 0.412 e. The van der Waals surface area contributed by atoms with E-state index in [9.17, 15) is 4.79 Å². The molecule has 0 saturated heterocycles. The molecule has 0 aliphatic carbocycles. The Morgan fingerprint density at radius 1 is 1.44 bits per heavy atom. The normalized spacial score (nSPS) is 13.8. The molecule has 1 aliphatic heterocycles. The van der Waals surface area contributed by atoms with Crippen LogP contribution >= 0.6 is 11.6 Å². The molecular formula is C13H16ClNO3. The molecule has 2 rings (SSSR count). The average Bonchev–Trinajstić information content (AvgIpc) is 2.61. The topological polar surface area (TPSA) is 47.6 Å². The number of fused-ring (bicyclic) bond motifs is 1. The van der Waals surface area contributed by atoms with E-state index in [-0.39, 0.29) is 0 Å². The monoisotopic (exact) mass is 269 g/mol. The summed E-state index contributed by atoms with van der Waals surface area (Å²) in [6.07, 6.45) is 0.293. The van der Waals surface area contributed by atoms with Gasteiger partial charge in [-0.1, -0.05) is 11.6 Å². The van der Waals surface area contributed by atoms with Gasteiger partial charge in [0.15, 0.2) is 0 Å². The van der Waals surface area contributed by atoms with Gasteiger partial charge in [-0.15, -0.1) is 0 Å². The second kappa shape index (κ2) is 4.69. The maximum absolute atomic E-state index is 11.7. The number of nitrogens with one attached hydrogen (secondary N) is 1. The van der Waals surface area contributed by atoms with Crippen LogP contribution in [0, 0.1) is 0 Å². The minimum absolute atomic E-state index is 0.512. The Labute approximate surface area is 111 Å². The Bertz CT molecular complexity index is 480. The summed E-state index contributed by atoms with van der Waals surface area (Å²) in [6, 6.07) is 3.51. The Morgan fingerprint density at radius 2 is 2.17 bits per heavy atom. The van der Waals surface area contributed by atoms with Gasteiger partial charge in [-0.25, -0.2) is 4.79 Å². The van der Waals surface area contributed by atoms with Crippen molar-refractivity contribution in [3.8, 4) is 5.75 Å². The molecule has 0 bridgehead atoms. The zero-order chi connectivity index (χ0) is 13.3. The van der Waals surface area contributed by atoms with Crippen LogP contribution in [0.3, 0.4) is 0 Å². The molecule has 0 saturated carbocycles. The van der Waals surface area contributed by atoms with Crippen LogP contribution in [-0.2, 0) is 11.2 Å². The van der Waals surface area contributed by atoms with Crippen LogP contribution in [0.2, 0.25) is 5.02 Å². The van der Waals surface area contributed by atoms with Crippen molar-refractivity contribution in [2.24, 2.45) is 0 Å². The summed E-state index contributed by atoms with van der Waals surface area (Å²) in [7, 11) is 0. The lowest BCUT2D eigenvalue weighted by Gasteiger charge is -2.20. The molecule has 1 amide bonds. The quantitative estimate of drug-likeness (QED) is 0.847. The van der Waals surface area contributed by atoms with Gasteiger partial charge in [0, 0.05) is 17.0 Å². The lowest BCUT2D eigenvalue weighted by Crippen LogP contribution is -2.27. The average molecular weight is 270 g/mol. The van der Waals surface area contributed by atoms with Gasteiger partial charge in [0.2, 0.25) is 0 Å². The van der Waals surface area contributed by atoms with Crippen molar-refractivity contribution in [2.75, 3.05) is 11.9 Å². The van der Waals surface area contributed by atoms with Crippen LogP contribution < -0.4 is 10.1 Å². The number of hydrogen-bond acceptors (Lipinski definition) is 3. The molecule has 1 aliphatic rings. The van der Waals surface area contributed by atoms with Gasteiger partial charge in [0.05, 0.1) is 12.3 Å². The number of anilines is 1. The first kappa shape index (κ1) is 13.0. The number of hydrogen-bond donors (Lipinski definition) is 1. The fourth-order valence-electron chi connectivity index (χ4n) is 1.78. The lowest BCUT2D eigenvalue weighted by atomic mass is 10.1. The summed E-state index contributed by atoms with van der Waals surface area (Å²) in [5.41, 5.74) is 1.03. The highest BCUT2D eigenvalue weighted by atomic mass is 35.5. The van der Waals surface area contributed by atoms with Crippen molar-refractivity contribution in [1.29, 1.82) is 0 Å². The predicted molar refractivity (Wildman–Crippen MR) is 70.5 cm³/mol. The van der Waals surface area contributed by atoms with Gasteiger partial charge in [-0.2, -0.15) is 0 Å². The third kappa shape index (κ3) is 3.07. The van der Waals surface area contributed by atoms with E-state index in [1.54, 1.807) is 6.07 Å². The molecule has 0 unspecified atom stereocenters. The van der Waals surface area contributed by atoms with Crippen LogP contribution in [0.1, 0.15) is 26.3 Å². The SMILES string of the molecule is CC(C)(C)OC(=O)Nc1cc(Cl)cc2c1OCC2. The Morgan fingerprint density at radius 3 is 2.83 bits per heavy atom. The van der Waals surface area contributed by atoms with Gasteiger partial charge in [-0.3, -0.25) is 5.32 Å². The largest absolute Gasteiger partial charge is 0.491 e. The highest BCUT2D eigenvalue weighted by molar-refractivity contribution is 6.31. The van der Waals surface area contributed by atoms with Crippen LogP contribution in [0.5, 0.6) is 5.75 Å². The maximum Gasteiger partial charge on any atom is 0.412 e. The number of benzene rings is 1. The zero-order valence-electron chi connectivity index (χ0n) is 10.7. The number of amides is 1. The Balaban J connectivity index is 2.17.